The van der Waals surface area contributed by atoms with E-state index in [-0.39, 0.29) is 5.56 Å². The molecule has 0 unspecified atom stereocenters. The lowest BCUT2D eigenvalue weighted by Crippen LogP contribution is -1.93. The molecule has 0 aliphatic rings. The third-order valence-electron chi connectivity index (χ3n) is 2.61. The number of benzene rings is 1. The third-order valence-corrected chi connectivity index (χ3v) is 2.61. The van der Waals surface area contributed by atoms with Crippen LogP contribution in [-0.2, 0) is 11.3 Å². The van der Waals surface area contributed by atoms with Crippen molar-refractivity contribution in [3.8, 4) is 17.0 Å². The second kappa shape index (κ2) is 5.18. The number of nitrogens with one attached hydrogen (secondary N) is 1. The van der Waals surface area contributed by atoms with Gasteiger partial charge in [-0.3, -0.25) is 0 Å². The first kappa shape index (κ1) is 12.6. The van der Waals surface area contributed by atoms with Crippen LogP contribution in [0.25, 0.3) is 11.3 Å². The minimum Gasteiger partial charge on any atom is -0.494 e. The lowest BCUT2D eigenvalue weighted by Gasteiger charge is -2.06. The van der Waals surface area contributed by atoms with E-state index in [1.165, 1.54) is 19.2 Å². The Morgan fingerprint density at radius 3 is 2.61 bits per heavy atom. The van der Waals surface area contributed by atoms with Crippen LogP contribution in [0.5, 0.6) is 5.75 Å². The molecular formula is C13H13F2NO2. The minimum atomic E-state index is -0.640. The van der Waals surface area contributed by atoms with Crippen molar-refractivity contribution in [2.75, 3.05) is 14.2 Å². The van der Waals surface area contributed by atoms with Crippen LogP contribution >= 0.6 is 0 Å². The summed E-state index contributed by atoms with van der Waals surface area (Å²) in [5, 5.41) is 0. The SMILES string of the molecule is COCc1c[nH]c(-c2ccc(F)cc2F)c1OC. The van der Waals surface area contributed by atoms with Gasteiger partial charge in [0.15, 0.2) is 0 Å². The Bertz CT molecular complexity index is 552. The van der Waals surface area contributed by atoms with E-state index in [4.69, 9.17) is 9.47 Å². The largest absolute Gasteiger partial charge is 0.494 e. The van der Waals surface area contributed by atoms with E-state index in [9.17, 15) is 8.78 Å². The molecule has 2 rings (SSSR count). The molecule has 0 spiro atoms. The molecule has 0 atom stereocenters. The van der Waals surface area contributed by atoms with Crippen molar-refractivity contribution in [2.24, 2.45) is 0 Å². The molecule has 1 N–H and O–H groups in total. The number of aromatic amines is 1. The number of halogens is 2. The smallest absolute Gasteiger partial charge is 0.149 e. The van der Waals surface area contributed by atoms with Crippen molar-refractivity contribution in [1.29, 1.82) is 0 Å². The summed E-state index contributed by atoms with van der Waals surface area (Å²) in [5.41, 5.74) is 1.51. The molecule has 1 heterocycles. The number of ether oxygens (including phenoxy) is 2. The van der Waals surface area contributed by atoms with Gasteiger partial charge in [0.25, 0.3) is 0 Å². The molecule has 0 aliphatic carbocycles. The van der Waals surface area contributed by atoms with Gasteiger partial charge in [0.2, 0.25) is 0 Å². The second-order valence-electron chi connectivity index (χ2n) is 3.78. The summed E-state index contributed by atoms with van der Waals surface area (Å²) < 4.78 is 36.8. The predicted molar refractivity (Wildman–Crippen MR) is 63.4 cm³/mol. The number of aromatic nitrogens is 1. The maximum Gasteiger partial charge on any atom is 0.149 e. The van der Waals surface area contributed by atoms with E-state index in [1.54, 1.807) is 13.3 Å². The quantitative estimate of drug-likeness (QED) is 0.908. The Morgan fingerprint density at radius 2 is 2.00 bits per heavy atom. The zero-order valence-corrected chi connectivity index (χ0v) is 10.1. The molecule has 0 bridgehead atoms. The van der Waals surface area contributed by atoms with Crippen LogP contribution in [0.2, 0.25) is 0 Å². The van der Waals surface area contributed by atoms with Crippen LogP contribution in [0.1, 0.15) is 5.56 Å². The summed E-state index contributed by atoms with van der Waals surface area (Å²) in [6, 6.07) is 3.41. The Morgan fingerprint density at radius 1 is 1.22 bits per heavy atom. The van der Waals surface area contributed by atoms with E-state index in [2.05, 4.69) is 4.98 Å². The maximum atomic E-state index is 13.7. The second-order valence-corrected chi connectivity index (χ2v) is 3.78. The molecule has 0 aliphatic heterocycles. The summed E-state index contributed by atoms with van der Waals surface area (Å²) in [6.07, 6.45) is 1.68. The lowest BCUT2D eigenvalue weighted by atomic mass is 10.1. The first-order valence-electron chi connectivity index (χ1n) is 5.36. The zero-order chi connectivity index (χ0) is 13.1. The molecule has 0 amide bonds. The maximum absolute atomic E-state index is 13.7. The lowest BCUT2D eigenvalue weighted by molar-refractivity contribution is 0.182. The van der Waals surface area contributed by atoms with Gasteiger partial charge in [-0.2, -0.15) is 0 Å². The van der Waals surface area contributed by atoms with Crippen molar-refractivity contribution in [1.82, 2.24) is 4.98 Å². The Kier molecular flexibility index (Phi) is 3.62. The van der Waals surface area contributed by atoms with Crippen molar-refractivity contribution in [2.45, 2.75) is 6.61 Å². The first-order chi connectivity index (χ1) is 8.67. The Balaban J connectivity index is 2.50. The highest BCUT2D eigenvalue weighted by molar-refractivity contribution is 5.69. The van der Waals surface area contributed by atoms with E-state index < -0.39 is 11.6 Å². The molecule has 5 heteroatoms. The van der Waals surface area contributed by atoms with Gasteiger partial charge in [0.1, 0.15) is 17.4 Å². The van der Waals surface area contributed by atoms with Crippen molar-refractivity contribution < 1.29 is 18.3 Å². The Labute approximate surface area is 103 Å². The van der Waals surface area contributed by atoms with Gasteiger partial charge in [0, 0.05) is 30.5 Å². The van der Waals surface area contributed by atoms with Gasteiger partial charge in [-0.15, -0.1) is 0 Å². The normalized spacial score (nSPS) is 10.7. The van der Waals surface area contributed by atoms with Crippen LogP contribution in [-0.4, -0.2) is 19.2 Å². The van der Waals surface area contributed by atoms with Gasteiger partial charge in [-0.1, -0.05) is 0 Å². The fourth-order valence-electron chi connectivity index (χ4n) is 1.84. The van der Waals surface area contributed by atoms with Gasteiger partial charge in [-0.05, 0) is 12.1 Å². The van der Waals surface area contributed by atoms with Gasteiger partial charge >= 0.3 is 0 Å². The summed E-state index contributed by atoms with van der Waals surface area (Å²) >= 11 is 0. The average molecular weight is 253 g/mol. The minimum absolute atomic E-state index is 0.260. The van der Waals surface area contributed by atoms with Gasteiger partial charge < -0.3 is 14.5 Å². The molecule has 2 aromatic rings. The average Bonchev–Trinajstić information content (AvgIpc) is 2.72. The van der Waals surface area contributed by atoms with Crippen LogP contribution in [0.4, 0.5) is 8.78 Å². The summed E-state index contributed by atoms with van der Waals surface area (Å²) in [4.78, 5) is 2.92. The number of hydrogen-bond donors (Lipinski definition) is 1. The monoisotopic (exact) mass is 253 g/mol. The molecule has 3 nitrogen and oxygen atoms in total. The zero-order valence-electron chi connectivity index (χ0n) is 10.1. The van der Waals surface area contributed by atoms with Crippen molar-refractivity contribution >= 4 is 0 Å². The molecule has 96 valence electrons. The van der Waals surface area contributed by atoms with Crippen molar-refractivity contribution in [3.63, 3.8) is 0 Å². The van der Waals surface area contributed by atoms with Gasteiger partial charge in [0.05, 0.1) is 19.4 Å². The highest BCUT2D eigenvalue weighted by atomic mass is 19.1. The van der Waals surface area contributed by atoms with E-state index in [0.717, 1.165) is 11.6 Å². The number of methoxy groups -OCH3 is 2. The molecule has 0 radical (unpaired) electrons. The summed E-state index contributed by atoms with van der Waals surface area (Å²) in [7, 11) is 3.05. The number of rotatable bonds is 4. The molecule has 0 saturated carbocycles. The van der Waals surface area contributed by atoms with E-state index in [1.807, 2.05) is 0 Å². The predicted octanol–water partition coefficient (Wildman–Crippen LogP) is 3.11. The van der Waals surface area contributed by atoms with Crippen LogP contribution < -0.4 is 4.74 Å². The highest BCUT2D eigenvalue weighted by Crippen LogP contribution is 2.34. The number of H-pyrrole nitrogens is 1. The highest BCUT2D eigenvalue weighted by Gasteiger charge is 2.16. The fourth-order valence-corrected chi connectivity index (χ4v) is 1.84. The topological polar surface area (TPSA) is 34.2 Å². The third kappa shape index (κ3) is 2.22. The molecular weight excluding hydrogens is 240 g/mol. The summed E-state index contributed by atoms with van der Waals surface area (Å²) in [6.45, 7) is 0.350. The fraction of sp³-hybridized carbons (Fsp3) is 0.231. The molecule has 0 fully saturated rings. The van der Waals surface area contributed by atoms with Gasteiger partial charge in [-0.25, -0.2) is 8.78 Å². The molecule has 18 heavy (non-hydrogen) atoms. The number of hydrogen-bond acceptors (Lipinski definition) is 2. The molecule has 0 saturated heterocycles. The molecule has 1 aromatic carbocycles. The molecule has 1 aromatic heterocycles. The summed E-state index contributed by atoms with van der Waals surface area (Å²) in [5.74, 6) is -0.750. The standard InChI is InChI=1S/C13H13F2NO2/c1-17-7-8-6-16-12(13(8)18-2)10-4-3-9(14)5-11(10)15/h3-6,16H,7H2,1-2H3. The Hall–Kier alpha value is -1.88. The first-order valence-corrected chi connectivity index (χ1v) is 5.36. The van der Waals surface area contributed by atoms with Crippen LogP contribution in [0.3, 0.4) is 0 Å². The van der Waals surface area contributed by atoms with Crippen molar-refractivity contribution in [3.05, 3.63) is 41.6 Å². The van der Waals surface area contributed by atoms with E-state index in [0.29, 0.717) is 18.1 Å². The van der Waals surface area contributed by atoms with Crippen LogP contribution in [0.15, 0.2) is 24.4 Å². The van der Waals surface area contributed by atoms with E-state index >= 15 is 0 Å². The van der Waals surface area contributed by atoms with Crippen LogP contribution in [0, 0.1) is 11.6 Å².